The lowest BCUT2D eigenvalue weighted by molar-refractivity contribution is -0.0454. The van der Waals surface area contributed by atoms with Crippen LogP contribution < -0.4 is 0 Å². The number of allylic oxidation sites excluding steroid dienone is 3. The van der Waals surface area contributed by atoms with E-state index in [2.05, 4.69) is 32.6 Å². The van der Waals surface area contributed by atoms with Gasteiger partial charge in [0.1, 0.15) is 0 Å². The first-order chi connectivity index (χ1) is 14.0. The van der Waals surface area contributed by atoms with Gasteiger partial charge in [0.05, 0.1) is 23.9 Å². The second-order valence-corrected chi connectivity index (χ2v) is 10.8. The van der Waals surface area contributed by atoms with E-state index in [-0.39, 0.29) is 11.5 Å². The summed E-state index contributed by atoms with van der Waals surface area (Å²) < 4.78 is 6.19. The molecule has 3 aliphatic carbocycles. The first-order valence-corrected chi connectivity index (χ1v) is 11.8. The number of aliphatic hydroxyl groups is 3. The molecule has 0 aliphatic heterocycles. The molecule has 4 heteroatoms. The van der Waals surface area contributed by atoms with Gasteiger partial charge in [-0.3, -0.25) is 0 Å². The van der Waals surface area contributed by atoms with Crippen molar-refractivity contribution in [3.05, 3.63) is 35.5 Å². The van der Waals surface area contributed by atoms with Crippen molar-refractivity contribution in [1.82, 2.24) is 0 Å². The van der Waals surface area contributed by atoms with E-state index in [4.69, 9.17) is 4.74 Å². The van der Waals surface area contributed by atoms with Crippen molar-refractivity contribution in [1.29, 1.82) is 0 Å². The van der Waals surface area contributed by atoms with Crippen LogP contribution in [0.3, 0.4) is 0 Å². The lowest BCUT2D eigenvalue weighted by atomic mass is 9.62. The standard InChI is InChI=1S/C26H42O4/c1-17-20(15-21(27)16-24(17)28)9-8-19-7-6-12-26(5)22(10-11-23(19)26)18(2)30-14-13-25(3,4)29/h8-9,18,21-24,27-29H,1,6-7,10-16H2,2-5H3/b19-8+,20-9-/t18-,21+,22+,23-,24-,26-/m0/s1. The molecule has 0 spiro atoms. The monoisotopic (exact) mass is 418 g/mol. The quantitative estimate of drug-likeness (QED) is 0.585. The number of fused-ring (bicyclic) bond motifs is 1. The van der Waals surface area contributed by atoms with Gasteiger partial charge >= 0.3 is 0 Å². The molecule has 3 saturated carbocycles. The molecule has 0 aromatic heterocycles. The summed E-state index contributed by atoms with van der Waals surface area (Å²) in [6.07, 6.45) is 11.0. The van der Waals surface area contributed by atoms with Gasteiger partial charge in [-0.2, -0.15) is 0 Å². The average Bonchev–Trinajstić information content (AvgIpc) is 3.00. The van der Waals surface area contributed by atoms with Crippen LogP contribution in [0, 0.1) is 17.3 Å². The van der Waals surface area contributed by atoms with Gasteiger partial charge in [-0.25, -0.2) is 0 Å². The molecule has 0 unspecified atom stereocenters. The van der Waals surface area contributed by atoms with Gasteiger partial charge in [-0.05, 0) is 94.1 Å². The first kappa shape index (κ1) is 23.7. The first-order valence-electron chi connectivity index (χ1n) is 11.8. The highest BCUT2D eigenvalue weighted by molar-refractivity contribution is 5.38. The average molecular weight is 419 g/mol. The van der Waals surface area contributed by atoms with Crippen LogP contribution in [0.1, 0.15) is 79.1 Å². The van der Waals surface area contributed by atoms with Gasteiger partial charge in [0, 0.05) is 13.0 Å². The van der Waals surface area contributed by atoms with E-state index in [1.54, 1.807) is 0 Å². The molecule has 0 heterocycles. The molecule has 0 saturated heterocycles. The van der Waals surface area contributed by atoms with Crippen LogP contribution in [-0.2, 0) is 4.74 Å². The van der Waals surface area contributed by atoms with E-state index in [0.29, 0.717) is 37.7 Å². The Labute approximate surface area is 182 Å². The normalized spacial score (nSPS) is 38.8. The fourth-order valence-corrected chi connectivity index (χ4v) is 6.13. The van der Waals surface area contributed by atoms with Gasteiger partial charge in [0.2, 0.25) is 0 Å². The summed E-state index contributed by atoms with van der Waals surface area (Å²) in [5.74, 6) is 1.11. The Hall–Kier alpha value is -0.940. The topological polar surface area (TPSA) is 69.9 Å². The second kappa shape index (κ2) is 9.28. The Bertz CT molecular complexity index is 686. The zero-order valence-corrected chi connectivity index (χ0v) is 19.4. The maximum absolute atomic E-state index is 10.1. The van der Waals surface area contributed by atoms with Crippen LogP contribution in [0.4, 0.5) is 0 Å². The van der Waals surface area contributed by atoms with Gasteiger partial charge in [0.15, 0.2) is 0 Å². The zero-order chi connectivity index (χ0) is 22.1. The maximum atomic E-state index is 10.1. The highest BCUT2D eigenvalue weighted by Gasteiger charge is 2.51. The molecule has 0 amide bonds. The number of ether oxygens (including phenoxy) is 1. The highest BCUT2D eigenvalue weighted by atomic mass is 16.5. The maximum Gasteiger partial charge on any atom is 0.0811 e. The third-order valence-electron chi connectivity index (χ3n) is 7.96. The fourth-order valence-electron chi connectivity index (χ4n) is 6.13. The Kier molecular flexibility index (Phi) is 7.33. The summed E-state index contributed by atoms with van der Waals surface area (Å²) >= 11 is 0. The molecule has 3 fully saturated rings. The van der Waals surface area contributed by atoms with Crippen molar-refractivity contribution < 1.29 is 20.1 Å². The van der Waals surface area contributed by atoms with Crippen molar-refractivity contribution >= 4 is 0 Å². The number of rotatable bonds is 6. The van der Waals surface area contributed by atoms with Crippen LogP contribution in [0.5, 0.6) is 0 Å². The van der Waals surface area contributed by atoms with Crippen molar-refractivity contribution in [2.75, 3.05) is 6.61 Å². The molecule has 30 heavy (non-hydrogen) atoms. The predicted octanol–water partition coefficient (Wildman–Crippen LogP) is 4.69. The summed E-state index contributed by atoms with van der Waals surface area (Å²) in [6.45, 7) is 13.0. The molecule has 0 bridgehead atoms. The Balaban J connectivity index is 1.70. The van der Waals surface area contributed by atoms with Crippen LogP contribution in [-0.4, -0.2) is 45.8 Å². The molecule has 0 radical (unpaired) electrons. The summed E-state index contributed by atoms with van der Waals surface area (Å²) in [7, 11) is 0. The largest absolute Gasteiger partial charge is 0.393 e. The van der Waals surface area contributed by atoms with Crippen molar-refractivity contribution in [3.63, 3.8) is 0 Å². The third kappa shape index (κ3) is 5.27. The van der Waals surface area contributed by atoms with Crippen molar-refractivity contribution in [2.24, 2.45) is 17.3 Å². The van der Waals surface area contributed by atoms with Crippen LogP contribution in [0.25, 0.3) is 0 Å². The number of hydrogen-bond acceptors (Lipinski definition) is 4. The smallest absolute Gasteiger partial charge is 0.0811 e. The molecule has 3 N–H and O–H groups in total. The van der Waals surface area contributed by atoms with Gasteiger partial charge in [-0.15, -0.1) is 0 Å². The molecule has 3 rings (SSSR count). The van der Waals surface area contributed by atoms with Gasteiger partial charge in [0.25, 0.3) is 0 Å². The molecule has 170 valence electrons. The third-order valence-corrected chi connectivity index (χ3v) is 7.96. The minimum Gasteiger partial charge on any atom is -0.393 e. The van der Waals surface area contributed by atoms with E-state index in [0.717, 1.165) is 17.6 Å². The Morgan fingerprint density at radius 3 is 2.70 bits per heavy atom. The van der Waals surface area contributed by atoms with E-state index in [1.165, 1.54) is 31.3 Å². The highest BCUT2D eigenvalue weighted by Crippen LogP contribution is 2.58. The minimum atomic E-state index is -0.680. The molecular weight excluding hydrogens is 376 g/mol. The molecule has 0 aromatic carbocycles. The van der Waals surface area contributed by atoms with Crippen molar-refractivity contribution in [3.8, 4) is 0 Å². The van der Waals surface area contributed by atoms with Gasteiger partial charge < -0.3 is 20.1 Å². The van der Waals surface area contributed by atoms with Crippen LogP contribution in [0.2, 0.25) is 0 Å². The predicted molar refractivity (Wildman–Crippen MR) is 121 cm³/mol. The number of aliphatic hydroxyl groups excluding tert-OH is 2. The summed E-state index contributed by atoms with van der Waals surface area (Å²) in [5.41, 5.74) is 2.82. The Morgan fingerprint density at radius 2 is 2.00 bits per heavy atom. The van der Waals surface area contributed by atoms with E-state index >= 15 is 0 Å². The fraction of sp³-hybridized carbons (Fsp3) is 0.769. The molecule has 6 atom stereocenters. The summed E-state index contributed by atoms with van der Waals surface area (Å²) in [4.78, 5) is 0. The molecule has 4 nitrogen and oxygen atoms in total. The molecular formula is C26H42O4. The van der Waals surface area contributed by atoms with E-state index < -0.39 is 17.8 Å². The lowest BCUT2D eigenvalue weighted by Crippen LogP contribution is -2.39. The zero-order valence-electron chi connectivity index (χ0n) is 19.4. The van der Waals surface area contributed by atoms with Crippen LogP contribution >= 0.6 is 0 Å². The van der Waals surface area contributed by atoms with Crippen LogP contribution in [0.15, 0.2) is 35.5 Å². The molecule has 3 aliphatic rings. The second-order valence-electron chi connectivity index (χ2n) is 10.8. The summed E-state index contributed by atoms with van der Waals surface area (Å²) in [6, 6.07) is 0. The van der Waals surface area contributed by atoms with Crippen molar-refractivity contribution in [2.45, 2.75) is 103 Å². The van der Waals surface area contributed by atoms with E-state index in [9.17, 15) is 15.3 Å². The van der Waals surface area contributed by atoms with E-state index in [1.807, 2.05) is 13.8 Å². The SMILES string of the molecule is C=C1/C(=C\C=C2/CCC[C@@]3(C)[C@@H]([C@H](C)OCCC(C)(C)O)CC[C@@H]23)C[C@@H](O)C[C@@H]1O. The lowest BCUT2D eigenvalue weighted by Gasteiger charge is -2.44. The number of hydrogen-bond donors (Lipinski definition) is 3. The summed E-state index contributed by atoms with van der Waals surface area (Å²) in [5, 5.41) is 30.1. The Morgan fingerprint density at radius 1 is 1.27 bits per heavy atom. The molecule has 0 aromatic rings. The minimum absolute atomic E-state index is 0.198. The van der Waals surface area contributed by atoms with Gasteiger partial charge in [-0.1, -0.05) is 31.2 Å².